The fourth-order valence-corrected chi connectivity index (χ4v) is 1.47. The van der Waals surface area contributed by atoms with Crippen LogP contribution in [0.25, 0.3) is 0 Å². The third-order valence-electron chi connectivity index (χ3n) is 2.45. The lowest BCUT2D eigenvalue weighted by Crippen LogP contribution is -2.43. The maximum atomic E-state index is 11.7. The van der Waals surface area contributed by atoms with E-state index < -0.39 is 23.7 Å². The number of nitrogens with two attached hydrogens (primary N) is 1. The molecule has 0 radical (unpaired) electrons. The molecule has 0 aliphatic heterocycles. The molecule has 1 aromatic heterocycles. The van der Waals surface area contributed by atoms with E-state index >= 15 is 0 Å². The number of anilines is 1. The zero-order valence-corrected chi connectivity index (χ0v) is 13.5. The van der Waals surface area contributed by atoms with E-state index in [1.807, 2.05) is 0 Å². The number of hydrogen-bond donors (Lipinski definition) is 2. The predicted molar refractivity (Wildman–Crippen MR) is 83.1 cm³/mol. The number of esters is 1. The number of amides is 1. The highest BCUT2D eigenvalue weighted by Crippen LogP contribution is 2.08. The van der Waals surface area contributed by atoms with E-state index in [1.165, 1.54) is 19.6 Å². The van der Waals surface area contributed by atoms with E-state index in [2.05, 4.69) is 31.9 Å². The molecule has 0 spiro atoms. The van der Waals surface area contributed by atoms with Gasteiger partial charge < -0.3 is 20.5 Å². The molecular formula is C15H20N4O4. The largest absolute Gasteiger partial charge is 0.467 e. The van der Waals surface area contributed by atoms with Crippen LogP contribution in [0.5, 0.6) is 0 Å². The van der Waals surface area contributed by atoms with Gasteiger partial charge in [0.15, 0.2) is 0 Å². The van der Waals surface area contributed by atoms with Crippen LogP contribution in [-0.4, -0.2) is 40.8 Å². The molecular weight excluding hydrogens is 300 g/mol. The molecule has 3 N–H and O–H groups in total. The van der Waals surface area contributed by atoms with Crippen LogP contribution < -0.4 is 11.1 Å². The Morgan fingerprint density at radius 1 is 1.43 bits per heavy atom. The van der Waals surface area contributed by atoms with Crippen molar-refractivity contribution in [3.63, 3.8) is 0 Å². The molecule has 1 rings (SSSR count). The zero-order chi connectivity index (χ0) is 17.5. The number of carbonyl (C=O) groups excluding carboxylic acids is 2. The number of hydrogen-bond acceptors (Lipinski definition) is 7. The highest BCUT2D eigenvalue weighted by Gasteiger charge is 2.24. The summed E-state index contributed by atoms with van der Waals surface area (Å²) in [6, 6.07) is -0.951. The molecule has 1 amide bonds. The molecule has 0 aliphatic carbocycles. The van der Waals surface area contributed by atoms with E-state index in [4.69, 9.17) is 10.5 Å². The topological polar surface area (TPSA) is 116 Å². The first-order valence-electron chi connectivity index (χ1n) is 6.84. The summed E-state index contributed by atoms with van der Waals surface area (Å²) in [6.07, 6.45) is 2.07. The molecule has 0 saturated heterocycles. The molecule has 8 heteroatoms. The van der Waals surface area contributed by atoms with Gasteiger partial charge in [-0.05, 0) is 20.8 Å². The van der Waals surface area contributed by atoms with Crippen LogP contribution in [0.2, 0.25) is 0 Å². The van der Waals surface area contributed by atoms with Crippen molar-refractivity contribution in [2.75, 3.05) is 12.8 Å². The van der Waals surface area contributed by atoms with E-state index in [-0.39, 0.29) is 12.2 Å². The molecule has 0 aliphatic rings. The number of nitrogens with zero attached hydrogens (tertiary/aromatic N) is 2. The third kappa shape index (κ3) is 6.65. The molecule has 124 valence electrons. The van der Waals surface area contributed by atoms with Crippen molar-refractivity contribution >= 4 is 17.9 Å². The first-order valence-corrected chi connectivity index (χ1v) is 6.84. The number of methoxy groups -OCH3 is 1. The number of rotatable bonds is 3. The van der Waals surface area contributed by atoms with Crippen molar-refractivity contribution in [3.8, 4) is 11.8 Å². The van der Waals surface area contributed by atoms with Crippen molar-refractivity contribution in [2.24, 2.45) is 0 Å². The van der Waals surface area contributed by atoms with Crippen LogP contribution in [0.3, 0.4) is 0 Å². The Bertz CT molecular complexity index is 628. The summed E-state index contributed by atoms with van der Waals surface area (Å²) in [5.74, 6) is 5.10. The van der Waals surface area contributed by atoms with Gasteiger partial charge in [-0.2, -0.15) is 0 Å². The Morgan fingerprint density at radius 2 is 2.13 bits per heavy atom. The fraction of sp³-hybridized carbons (Fsp3) is 0.467. The lowest BCUT2D eigenvalue weighted by Gasteiger charge is -2.21. The van der Waals surface area contributed by atoms with E-state index in [0.717, 1.165) is 0 Å². The SMILES string of the molecule is COC(=O)[C@H](CC#Cc1cncnc1N)NC(=O)OC(C)(C)C. The van der Waals surface area contributed by atoms with Gasteiger partial charge in [-0.25, -0.2) is 19.6 Å². The van der Waals surface area contributed by atoms with Gasteiger partial charge in [-0.3, -0.25) is 0 Å². The minimum Gasteiger partial charge on any atom is -0.467 e. The van der Waals surface area contributed by atoms with Crippen LogP contribution >= 0.6 is 0 Å². The molecule has 23 heavy (non-hydrogen) atoms. The van der Waals surface area contributed by atoms with E-state index in [9.17, 15) is 9.59 Å². The Labute approximate surface area is 134 Å². The number of alkyl carbamates (subject to hydrolysis) is 1. The van der Waals surface area contributed by atoms with Crippen molar-refractivity contribution < 1.29 is 19.1 Å². The van der Waals surface area contributed by atoms with Crippen LogP contribution in [0, 0.1) is 11.8 Å². The van der Waals surface area contributed by atoms with Crippen LogP contribution in [0.1, 0.15) is 32.8 Å². The van der Waals surface area contributed by atoms with E-state index in [1.54, 1.807) is 20.8 Å². The Balaban J connectivity index is 2.75. The summed E-state index contributed by atoms with van der Waals surface area (Å²) >= 11 is 0. The molecule has 1 aromatic rings. The lowest BCUT2D eigenvalue weighted by atomic mass is 10.2. The smallest absolute Gasteiger partial charge is 0.408 e. The van der Waals surface area contributed by atoms with Crippen molar-refractivity contribution in [1.82, 2.24) is 15.3 Å². The Kier molecular flexibility index (Phi) is 6.33. The fourth-order valence-electron chi connectivity index (χ4n) is 1.47. The summed E-state index contributed by atoms with van der Waals surface area (Å²) in [4.78, 5) is 31.1. The maximum absolute atomic E-state index is 11.7. The monoisotopic (exact) mass is 320 g/mol. The molecule has 0 bridgehead atoms. The molecule has 0 aromatic carbocycles. The third-order valence-corrected chi connectivity index (χ3v) is 2.45. The second kappa shape index (κ2) is 7.98. The van der Waals surface area contributed by atoms with Crippen LogP contribution in [0.4, 0.5) is 10.6 Å². The number of ether oxygens (including phenoxy) is 2. The van der Waals surface area contributed by atoms with Gasteiger partial charge in [0.2, 0.25) is 0 Å². The number of aromatic nitrogens is 2. The van der Waals surface area contributed by atoms with Crippen molar-refractivity contribution in [1.29, 1.82) is 0 Å². The predicted octanol–water partition coefficient (Wildman–Crippen LogP) is 0.867. The number of carbonyl (C=O) groups is 2. The summed E-state index contributed by atoms with van der Waals surface area (Å²) < 4.78 is 9.74. The van der Waals surface area contributed by atoms with Crippen molar-refractivity contribution in [2.45, 2.75) is 38.8 Å². The second-order valence-corrected chi connectivity index (χ2v) is 5.55. The first-order chi connectivity index (χ1) is 10.7. The highest BCUT2D eigenvalue weighted by molar-refractivity contribution is 5.81. The molecule has 1 heterocycles. The Morgan fingerprint density at radius 3 is 2.70 bits per heavy atom. The zero-order valence-electron chi connectivity index (χ0n) is 13.5. The molecule has 0 saturated carbocycles. The average molecular weight is 320 g/mol. The van der Waals surface area contributed by atoms with Crippen molar-refractivity contribution in [3.05, 3.63) is 18.1 Å². The quantitative estimate of drug-likeness (QED) is 0.627. The Hall–Kier alpha value is -2.82. The lowest BCUT2D eigenvalue weighted by molar-refractivity contribution is -0.143. The number of nitrogen functional groups attached to an aromatic ring is 1. The van der Waals surface area contributed by atoms with Gasteiger partial charge in [0.05, 0.1) is 12.7 Å². The molecule has 0 unspecified atom stereocenters. The summed E-state index contributed by atoms with van der Waals surface area (Å²) in [5, 5.41) is 2.42. The van der Waals surface area contributed by atoms with Gasteiger partial charge in [0, 0.05) is 12.6 Å². The summed E-state index contributed by atoms with van der Waals surface area (Å²) in [5.41, 5.74) is 5.40. The average Bonchev–Trinajstić information content (AvgIpc) is 2.45. The minimum atomic E-state index is -0.951. The van der Waals surface area contributed by atoms with Gasteiger partial charge >= 0.3 is 12.1 Å². The minimum absolute atomic E-state index is 0.0280. The summed E-state index contributed by atoms with van der Waals surface area (Å²) in [7, 11) is 1.22. The normalized spacial score (nSPS) is 11.7. The second-order valence-electron chi connectivity index (χ2n) is 5.55. The highest BCUT2D eigenvalue weighted by atomic mass is 16.6. The van der Waals surface area contributed by atoms with Gasteiger partial charge in [-0.1, -0.05) is 11.8 Å². The van der Waals surface area contributed by atoms with Gasteiger partial charge in [0.1, 0.15) is 23.8 Å². The standard InChI is InChI=1S/C15H20N4O4/c1-15(2,3)23-14(21)19-11(13(20)22-4)7-5-6-10-8-17-9-18-12(10)16/h8-9,11H,7H2,1-4H3,(H,19,21)(H2,16,17,18)/t11-/m0/s1. The maximum Gasteiger partial charge on any atom is 0.408 e. The first kappa shape index (κ1) is 18.2. The number of nitrogens with one attached hydrogen (secondary N) is 1. The van der Waals surface area contributed by atoms with E-state index in [0.29, 0.717) is 5.56 Å². The van der Waals surface area contributed by atoms with Gasteiger partial charge in [0.25, 0.3) is 0 Å². The molecule has 0 fully saturated rings. The summed E-state index contributed by atoms with van der Waals surface area (Å²) in [6.45, 7) is 5.16. The molecule has 1 atom stereocenters. The van der Waals surface area contributed by atoms with Gasteiger partial charge in [-0.15, -0.1) is 0 Å². The van der Waals surface area contributed by atoms with Crippen LogP contribution in [-0.2, 0) is 14.3 Å². The van der Waals surface area contributed by atoms with Crippen LogP contribution in [0.15, 0.2) is 12.5 Å². The molecule has 8 nitrogen and oxygen atoms in total.